The Balaban J connectivity index is 1.49. The second-order valence-corrected chi connectivity index (χ2v) is 9.01. The highest BCUT2D eigenvalue weighted by Gasteiger charge is 2.30. The van der Waals surface area contributed by atoms with Gasteiger partial charge in [-0.2, -0.15) is 15.3 Å². The van der Waals surface area contributed by atoms with E-state index in [-0.39, 0.29) is 5.54 Å². The van der Waals surface area contributed by atoms with Gasteiger partial charge in [-0.05, 0) is 32.9 Å². The third kappa shape index (κ3) is 3.57. The van der Waals surface area contributed by atoms with Gasteiger partial charge in [0.15, 0.2) is 17.2 Å². The van der Waals surface area contributed by atoms with E-state index >= 15 is 0 Å². The number of nitrogens with zero attached hydrogens (tertiary/aromatic N) is 7. The monoisotopic (exact) mass is 443 g/mol. The van der Waals surface area contributed by atoms with Crippen LogP contribution in [0.4, 0.5) is 23.3 Å². The van der Waals surface area contributed by atoms with Crippen LogP contribution in [0, 0.1) is 11.3 Å². The maximum Gasteiger partial charge on any atom is 0.210 e. The number of anilines is 4. The van der Waals surface area contributed by atoms with E-state index in [2.05, 4.69) is 52.1 Å². The van der Waals surface area contributed by atoms with E-state index < -0.39 is 0 Å². The molecule has 1 aliphatic rings. The lowest BCUT2D eigenvalue weighted by Gasteiger charge is -2.32. The number of rotatable bonds is 4. The number of nitrogens with one attached hydrogen (secondary N) is 1. The lowest BCUT2D eigenvalue weighted by molar-refractivity contribution is 0.480. The first-order chi connectivity index (χ1) is 15.7. The molecule has 3 aromatic heterocycles. The van der Waals surface area contributed by atoms with E-state index in [1.165, 1.54) is 6.20 Å². The molecule has 0 amide bonds. The van der Waals surface area contributed by atoms with Crippen LogP contribution >= 0.6 is 0 Å². The molecule has 0 spiro atoms. The SMILES string of the molecule is Cn1c(Nc2cc3n(n2)CCN3C(C)(C)C)nc2ncc(Oc3cccc(N)c3)c(C#N)c21. The molecule has 4 aromatic rings. The van der Waals surface area contributed by atoms with Crippen molar-refractivity contribution in [3.8, 4) is 17.6 Å². The van der Waals surface area contributed by atoms with Crippen molar-refractivity contribution in [2.75, 3.05) is 22.5 Å². The summed E-state index contributed by atoms with van der Waals surface area (Å²) in [5.74, 6) is 3.16. The van der Waals surface area contributed by atoms with Crippen molar-refractivity contribution in [3.05, 3.63) is 42.1 Å². The van der Waals surface area contributed by atoms with Gasteiger partial charge in [0.25, 0.3) is 0 Å². The first-order valence-electron chi connectivity index (χ1n) is 10.7. The topological polar surface area (TPSA) is 123 Å². The fraction of sp³-hybridized carbons (Fsp3) is 0.304. The Bertz CT molecular complexity index is 1400. The van der Waals surface area contributed by atoms with E-state index in [4.69, 9.17) is 10.5 Å². The summed E-state index contributed by atoms with van der Waals surface area (Å²) in [7, 11) is 1.83. The average Bonchev–Trinajstić information content (AvgIpc) is 3.41. The molecule has 3 N–H and O–H groups in total. The number of imidazole rings is 1. The smallest absolute Gasteiger partial charge is 0.210 e. The Kier molecular flexibility index (Phi) is 4.63. The number of aromatic nitrogens is 5. The number of hydrogen-bond donors (Lipinski definition) is 2. The summed E-state index contributed by atoms with van der Waals surface area (Å²) in [5, 5.41) is 17.8. The minimum Gasteiger partial charge on any atom is -0.454 e. The molecule has 0 bridgehead atoms. The third-order valence-electron chi connectivity index (χ3n) is 5.68. The summed E-state index contributed by atoms with van der Waals surface area (Å²) < 4.78 is 9.69. The van der Waals surface area contributed by atoms with Crippen molar-refractivity contribution in [2.45, 2.75) is 32.9 Å². The second kappa shape index (κ2) is 7.41. The Morgan fingerprint density at radius 2 is 2.03 bits per heavy atom. The van der Waals surface area contributed by atoms with Crippen molar-refractivity contribution < 1.29 is 4.74 Å². The summed E-state index contributed by atoms with van der Waals surface area (Å²) in [6, 6.07) is 11.3. The summed E-state index contributed by atoms with van der Waals surface area (Å²) in [4.78, 5) is 11.3. The molecular formula is C23H25N9O. The van der Waals surface area contributed by atoms with E-state index in [0.717, 1.165) is 18.9 Å². The Hall–Kier alpha value is -4.26. The molecule has 0 saturated carbocycles. The fourth-order valence-corrected chi connectivity index (χ4v) is 4.11. The van der Waals surface area contributed by atoms with Crippen molar-refractivity contribution in [3.63, 3.8) is 0 Å². The molecule has 0 radical (unpaired) electrons. The van der Waals surface area contributed by atoms with Crippen LogP contribution in [0.3, 0.4) is 0 Å². The second-order valence-electron chi connectivity index (χ2n) is 9.01. The van der Waals surface area contributed by atoms with Crippen molar-refractivity contribution in [2.24, 2.45) is 7.05 Å². The molecule has 4 heterocycles. The predicted octanol–water partition coefficient (Wildman–Crippen LogP) is 3.77. The van der Waals surface area contributed by atoms with Crippen LogP contribution in [0.15, 0.2) is 36.5 Å². The lowest BCUT2D eigenvalue weighted by atomic mass is 10.1. The van der Waals surface area contributed by atoms with E-state index in [9.17, 15) is 5.26 Å². The van der Waals surface area contributed by atoms with Gasteiger partial charge in [-0.3, -0.25) is 0 Å². The van der Waals surface area contributed by atoms with Crippen LogP contribution in [0.5, 0.6) is 11.5 Å². The minimum atomic E-state index is 0.00882. The van der Waals surface area contributed by atoms with Crippen LogP contribution in [0.1, 0.15) is 26.3 Å². The first kappa shape index (κ1) is 20.6. The molecule has 0 atom stereocenters. The molecule has 5 rings (SSSR count). The molecule has 0 saturated heterocycles. The van der Waals surface area contributed by atoms with Crippen LogP contribution in [0.25, 0.3) is 11.2 Å². The molecule has 168 valence electrons. The largest absolute Gasteiger partial charge is 0.454 e. The van der Waals surface area contributed by atoms with Gasteiger partial charge in [0.05, 0.1) is 12.7 Å². The van der Waals surface area contributed by atoms with Gasteiger partial charge in [-0.25, -0.2) is 9.67 Å². The molecule has 0 fully saturated rings. The van der Waals surface area contributed by atoms with E-state index in [1.807, 2.05) is 17.8 Å². The number of nitrogen functional groups attached to an aromatic ring is 1. The van der Waals surface area contributed by atoms with Crippen molar-refractivity contribution >= 4 is 34.4 Å². The molecular weight excluding hydrogens is 418 g/mol. The van der Waals surface area contributed by atoms with Crippen LogP contribution < -0.4 is 20.7 Å². The Labute approximate surface area is 191 Å². The zero-order valence-electron chi connectivity index (χ0n) is 19.0. The predicted molar refractivity (Wildman–Crippen MR) is 127 cm³/mol. The Morgan fingerprint density at radius 3 is 2.76 bits per heavy atom. The highest BCUT2D eigenvalue weighted by atomic mass is 16.5. The summed E-state index contributed by atoms with van der Waals surface area (Å²) in [6.45, 7) is 8.33. The zero-order chi connectivity index (χ0) is 23.3. The maximum atomic E-state index is 9.89. The van der Waals surface area contributed by atoms with Gasteiger partial charge in [-0.1, -0.05) is 6.07 Å². The molecule has 10 nitrogen and oxygen atoms in total. The number of hydrogen-bond acceptors (Lipinski definition) is 8. The standard InChI is InChI=1S/C23H25N9O/c1-23(2,3)31-8-9-32-19(31)11-18(29-32)27-22-28-21-20(30(22)4)16(12-24)17(13-26-21)33-15-7-5-6-14(25)10-15/h5-7,10-11,13H,8-9,25H2,1-4H3,(H,26,27,28,29). The molecule has 1 aromatic carbocycles. The number of benzene rings is 1. The van der Waals surface area contributed by atoms with Gasteiger partial charge < -0.3 is 25.3 Å². The van der Waals surface area contributed by atoms with Crippen LogP contribution in [-0.2, 0) is 13.6 Å². The molecule has 10 heteroatoms. The number of nitriles is 1. The molecule has 33 heavy (non-hydrogen) atoms. The first-order valence-corrected chi connectivity index (χ1v) is 10.7. The summed E-state index contributed by atoms with van der Waals surface area (Å²) in [6.07, 6.45) is 1.51. The molecule has 1 aliphatic heterocycles. The van der Waals surface area contributed by atoms with Gasteiger partial charge in [0, 0.05) is 37.0 Å². The van der Waals surface area contributed by atoms with E-state index in [0.29, 0.717) is 45.7 Å². The highest BCUT2D eigenvalue weighted by molar-refractivity contribution is 5.84. The summed E-state index contributed by atoms with van der Waals surface area (Å²) >= 11 is 0. The summed E-state index contributed by atoms with van der Waals surface area (Å²) in [5.41, 5.74) is 7.78. The average molecular weight is 444 g/mol. The molecule has 0 aliphatic carbocycles. The quantitative estimate of drug-likeness (QED) is 0.457. The Morgan fingerprint density at radius 1 is 1.21 bits per heavy atom. The van der Waals surface area contributed by atoms with Crippen LogP contribution in [-0.4, -0.2) is 36.4 Å². The number of pyridine rings is 1. The maximum absolute atomic E-state index is 9.89. The highest BCUT2D eigenvalue weighted by Crippen LogP contribution is 2.34. The normalized spacial score (nSPS) is 13.2. The molecule has 0 unspecified atom stereocenters. The van der Waals surface area contributed by atoms with E-state index in [1.54, 1.807) is 28.8 Å². The number of fused-ring (bicyclic) bond motifs is 2. The van der Waals surface area contributed by atoms with Gasteiger partial charge in [0.1, 0.15) is 28.7 Å². The number of aryl methyl sites for hydroxylation is 1. The fourth-order valence-electron chi connectivity index (χ4n) is 4.11. The number of nitrogens with two attached hydrogens (primary N) is 1. The van der Waals surface area contributed by atoms with Crippen LogP contribution in [0.2, 0.25) is 0 Å². The lowest BCUT2D eigenvalue weighted by Crippen LogP contribution is -2.40. The van der Waals surface area contributed by atoms with Crippen molar-refractivity contribution in [1.82, 2.24) is 24.3 Å². The van der Waals surface area contributed by atoms with Gasteiger partial charge in [-0.15, -0.1) is 0 Å². The van der Waals surface area contributed by atoms with Gasteiger partial charge in [0.2, 0.25) is 5.95 Å². The number of ether oxygens (including phenoxy) is 1. The van der Waals surface area contributed by atoms with Gasteiger partial charge >= 0.3 is 0 Å². The zero-order valence-corrected chi connectivity index (χ0v) is 19.0. The minimum absolute atomic E-state index is 0.00882. The third-order valence-corrected chi connectivity index (χ3v) is 5.68. The van der Waals surface area contributed by atoms with Crippen molar-refractivity contribution in [1.29, 1.82) is 5.26 Å².